The Labute approximate surface area is 338 Å². The van der Waals surface area contributed by atoms with E-state index < -0.39 is 128 Å². The summed E-state index contributed by atoms with van der Waals surface area (Å²) in [4.78, 5) is 40.3. The predicted octanol–water partition coefficient (Wildman–Crippen LogP) is 0.547. The molecule has 0 aromatic heterocycles. The van der Waals surface area contributed by atoms with Crippen molar-refractivity contribution in [1.82, 2.24) is 4.90 Å². The van der Waals surface area contributed by atoms with Crippen LogP contribution in [0.25, 0.3) is 0 Å². The lowest BCUT2D eigenvalue weighted by Crippen LogP contribution is -2.65. The maximum Gasteiger partial charge on any atom is 0.264 e. The molecule has 0 aliphatic carbocycles. The largest absolute Gasteiger partial charge is 0.507 e. The molecule has 0 radical (unpaired) electrons. The van der Waals surface area contributed by atoms with Gasteiger partial charge in [0.05, 0.1) is 25.7 Å². The zero-order valence-corrected chi connectivity index (χ0v) is 32.7. The minimum absolute atomic E-state index is 0.405. The lowest BCUT2D eigenvalue weighted by Gasteiger charge is -2.46. The van der Waals surface area contributed by atoms with Gasteiger partial charge in [0.2, 0.25) is 5.91 Å². The number of aliphatic hydroxyl groups is 6. The van der Waals surface area contributed by atoms with Crippen molar-refractivity contribution in [3.63, 3.8) is 0 Å². The zero-order valence-electron chi connectivity index (χ0n) is 31.2. The summed E-state index contributed by atoms with van der Waals surface area (Å²) >= 11 is 11.8. The van der Waals surface area contributed by atoms with Gasteiger partial charge in [0.25, 0.3) is 5.91 Å². The number of likely N-dealkylation sites (tertiary alicyclic amines) is 1. The van der Waals surface area contributed by atoms with Gasteiger partial charge in [-0.1, -0.05) is 71.8 Å². The van der Waals surface area contributed by atoms with Crippen molar-refractivity contribution in [2.45, 2.75) is 100 Å². The van der Waals surface area contributed by atoms with Gasteiger partial charge in [-0.15, -0.1) is 0 Å². The van der Waals surface area contributed by atoms with Gasteiger partial charge in [-0.2, -0.15) is 0 Å². The Bertz CT molecular complexity index is 1690. The fourth-order valence-electron chi connectivity index (χ4n) is 6.26. The summed E-state index contributed by atoms with van der Waals surface area (Å²) < 4.78 is 33.7. The molecule has 8 N–H and O–H groups in total. The first-order valence-electron chi connectivity index (χ1n) is 17.8. The first-order chi connectivity index (χ1) is 27.1. The molecule has 13 atom stereocenters. The SMILES string of the molecule is CO[C@H]1[C@H](O[C@@H]2CO[C@@H](O[C@@H]3[C@@H](O)[C@@H](O)CO[C@H]3N3C(=O)/C(=C(O)/C=C/C=C/C=C/C=C/C=C(Cl)/C=C/C=C(/C)Cl)C(=O)[C@@H]3CC(N)=O)[C@@H](O)[C@@H]2O)O[C@H](C)[C@H]1O. The number of nitrogens with two attached hydrogens (primary N) is 1. The van der Waals surface area contributed by atoms with Gasteiger partial charge in [0, 0.05) is 17.2 Å². The third-order valence-electron chi connectivity index (χ3n) is 9.21. The topological polar surface area (TPSA) is 257 Å². The highest BCUT2D eigenvalue weighted by molar-refractivity contribution is 6.31. The minimum atomic E-state index is -1.85. The van der Waals surface area contributed by atoms with Crippen molar-refractivity contribution in [3.8, 4) is 0 Å². The van der Waals surface area contributed by atoms with E-state index in [-0.39, 0.29) is 0 Å². The van der Waals surface area contributed by atoms with E-state index in [1.165, 1.54) is 19.3 Å². The lowest BCUT2D eigenvalue weighted by atomic mass is 10.0. The van der Waals surface area contributed by atoms with Crippen molar-refractivity contribution in [1.29, 1.82) is 0 Å². The second kappa shape index (κ2) is 21.5. The van der Waals surface area contributed by atoms with Crippen molar-refractivity contribution in [2.24, 2.45) is 5.73 Å². The smallest absolute Gasteiger partial charge is 0.264 e. The van der Waals surface area contributed by atoms with Crippen LogP contribution < -0.4 is 5.73 Å². The van der Waals surface area contributed by atoms with Crippen LogP contribution >= 0.6 is 23.2 Å². The number of Topliss-reactive ketones (excluding diaryl/α,β-unsaturated/α-hetero) is 1. The quantitative estimate of drug-likeness (QED) is 0.0514. The van der Waals surface area contributed by atoms with E-state index >= 15 is 0 Å². The monoisotopic (exact) mass is 842 g/mol. The Balaban J connectivity index is 1.48. The average molecular weight is 844 g/mol. The number of rotatable bonds is 15. The Morgan fingerprint density at radius 1 is 0.842 bits per heavy atom. The number of hydrogen-bond donors (Lipinski definition) is 7. The normalized spacial score (nSPS) is 37.0. The first-order valence-corrected chi connectivity index (χ1v) is 18.6. The van der Waals surface area contributed by atoms with Gasteiger partial charge >= 0.3 is 0 Å². The minimum Gasteiger partial charge on any atom is -0.507 e. The van der Waals surface area contributed by atoms with Crippen molar-refractivity contribution < 1.29 is 73.4 Å². The van der Waals surface area contributed by atoms with Crippen LogP contribution in [0.15, 0.2) is 94.3 Å². The number of halogens is 2. The number of methoxy groups -OCH3 is 1. The fraction of sp³-hybridized carbons (Fsp3) is 0.500. The highest BCUT2D eigenvalue weighted by atomic mass is 35.5. The van der Waals surface area contributed by atoms with Crippen LogP contribution in [-0.2, 0) is 42.8 Å². The summed E-state index contributed by atoms with van der Waals surface area (Å²) in [6, 6.07) is -1.62. The number of ketones is 1. The number of carbonyl (C=O) groups is 3. The number of allylic oxidation sites excluding steroid dienone is 14. The summed E-state index contributed by atoms with van der Waals surface area (Å²) in [5, 5.41) is 65.7. The van der Waals surface area contributed by atoms with Crippen molar-refractivity contribution in [3.05, 3.63) is 94.3 Å². The van der Waals surface area contributed by atoms with Gasteiger partial charge in [-0.25, -0.2) is 0 Å². The number of amides is 2. The van der Waals surface area contributed by atoms with Crippen LogP contribution in [0.2, 0.25) is 0 Å². The third kappa shape index (κ3) is 11.8. The molecule has 4 rings (SSSR count). The Hall–Kier alpha value is -3.53. The number of primary amides is 1. The summed E-state index contributed by atoms with van der Waals surface area (Å²) in [7, 11) is 1.34. The molecule has 57 heavy (non-hydrogen) atoms. The van der Waals surface area contributed by atoms with Crippen molar-refractivity contribution >= 4 is 40.8 Å². The molecular formula is C38H48Cl2N2O15. The maximum absolute atomic E-state index is 13.8. The highest BCUT2D eigenvalue weighted by Crippen LogP contribution is 2.35. The fourth-order valence-corrected chi connectivity index (χ4v) is 6.48. The van der Waals surface area contributed by atoms with E-state index in [4.69, 9.17) is 57.4 Å². The number of carbonyl (C=O) groups excluding carboxylic acids is 3. The van der Waals surface area contributed by atoms with Gasteiger partial charge < -0.3 is 64.8 Å². The van der Waals surface area contributed by atoms with E-state index in [0.29, 0.717) is 10.1 Å². The van der Waals surface area contributed by atoms with E-state index in [2.05, 4.69) is 0 Å². The molecule has 4 heterocycles. The summed E-state index contributed by atoms with van der Waals surface area (Å²) in [6.07, 6.45) is 1.26. The van der Waals surface area contributed by atoms with Crippen molar-refractivity contribution in [2.75, 3.05) is 20.3 Å². The molecule has 4 fully saturated rings. The highest BCUT2D eigenvalue weighted by Gasteiger charge is 2.56. The first kappa shape index (κ1) is 46.2. The molecule has 19 heteroatoms. The van der Waals surface area contributed by atoms with E-state index in [9.17, 15) is 45.0 Å². The predicted molar refractivity (Wildman–Crippen MR) is 203 cm³/mol. The third-order valence-corrected chi connectivity index (χ3v) is 9.58. The summed E-state index contributed by atoms with van der Waals surface area (Å²) in [5.41, 5.74) is 4.71. The van der Waals surface area contributed by atoms with E-state index in [1.54, 1.807) is 68.5 Å². The molecule has 4 saturated heterocycles. The molecule has 0 aromatic carbocycles. The Kier molecular flexibility index (Phi) is 17.4. The molecule has 0 unspecified atom stereocenters. The van der Waals surface area contributed by atoms with E-state index in [0.717, 1.165) is 11.0 Å². The number of ether oxygens (including phenoxy) is 6. The second-order valence-corrected chi connectivity index (χ2v) is 14.4. The molecule has 0 bridgehead atoms. The van der Waals surface area contributed by atoms with Crippen LogP contribution in [0.5, 0.6) is 0 Å². The second-order valence-electron chi connectivity index (χ2n) is 13.3. The van der Waals surface area contributed by atoms with Crippen LogP contribution in [0.3, 0.4) is 0 Å². The number of nitrogens with zero attached hydrogens (tertiary/aromatic N) is 1. The van der Waals surface area contributed by atoms with Crippen LogP contribution in [0, 0.1) is 0 Å². The Morgan fingerprint density at radius 3 is 2.16 bits per heavy atom. The van der Waals surface area contributed by atoms with Crippen LogP contribution in [0.1, 0.15) is 20.3 Å². The summed E-state index contributed by atoms with van der Waals surface area (Å²) in [5.74, 6) is -3.84. The molecule has 0 spiro atoms. The average Bonchev–Trinajstić information content (AvgIpc) is 3.56. The molecule has 17 nitrogen and oxygen atoms in total. The molecule has 4 aliphatic rings. The number of aliphatic hydroxyl groups excluding tert-OH is 6. The maximum atomic E-state index is 13.8. The molecule has 0 saturated carbocycles. The zero-order chi connectivity index (χ0) is 42.0. The molecule has 2 amide bonds. The molecular weight excluding hydrogens is 795 g/mol. The molecule has 314 valence electrons. The van der Waals surface area contributed by atoms with Gasteiger partial charge in [-0.05, 0) is 38.2 Å². The van der Waals surface area contributed by atoms with Gasteiger partial charge in [0.1, 0.15) is 66.2 Å². The van der Waals surface area contributed by atoms with Crippen LogP contribution in [0.4, 0.5) is 0 Å². The summed E-state index contributed by atoms with van der Waals surface area (Å²) in [6.45, 7) is 2.37. The number of hydrogen-bond acceptors (Lipinski definition) is 15. The molecule has 4 aliphatic heterocycles. The van der Waals surface area contributed by atoms with E-state index in [1.807, 2.05) is 0 Å². The standard InChI is InChI=1S/C38H48Cl2N2O15/c1-19(39)12-11-14-21(40)13-9-7-5-4-6-8-10-15-23(43)27-29(47)22(16-26(41)45)42(35(27)51)36-33(30(48)24(44)17-53-36)57-37-32(50)31(49)25(18-54-37)56-38-34(52-3)28(46)20(2)55-38/h4-15,20,22,24-25,28,30-34,36-38,43-44,46,48-50H,16-18H2,1-3H3,(H2,41,45)/b5-4+,8-6+,9-7+,14-11+,15-10+,19-12-,21-13-,27-23-/t20-,22+,24+,25-,28-,30+,31-,32+,33-,34-,36-,37+,38+/m1/s1. The molecule has 0 aromatic rings. The van der Waals surface area contributed by atoms with Crippen LogP contribution in [-0.4, -0.2) is 153 Å². The Morgan fingerprint density at radius 2 is 1.51 bits per heavy atom. The van der Waals surface area contributed by atoms with Gasteiger partial charge in [-0.3, -0.25) is 19.3 Å². The van der Waals surface area contributed by atoms with Gasteiger partial charge in [0.15, 0.2) is 24.6 Å². The lowest BCUT2D eigenvalue weighted by molar-refractivity contribution is -0.338.